The van der Waals surface area contributed by atoms with Crippen molar-refractivity contribution in [3.05, 3.63) is 24.0 Å². The summed E-state index contributed by atoms with van der Waals surface area (Å²) in [5.41, 5.74) is -0.439. The molecule has 1 heterocycles. The Hall–Kier alpha value is -2.11. The maximum absolute atomic E-state index is 12.1. The van der Waals surface area contributed by atoms with Crippen molar-refractivity contribution >= 4 is 18.0 Å². The molecule has 0 unspecified atom stereocenters. The molecule has 0 atom stereocenters. The molecule has 0 aliphatic rings. The zero-order valence-corrected chi connectivity index (χ0v) is 11.6. The van der Waals surface area contributed by atoms with Crippen LogP contribution in [-0.4, -0.2) is 43.7 Å². The molecule has 19 heavy (non-hydrogen) atoms. The minimum atomic E-state index is -1.23. The second kappa shape index (κ2) is 5.69. The van der Waals surface area contributed by atoms with Crippen LogP contribution in [0.15, 0.2) is 18.5 Å². The van der Waals surface area contributed by atoms with E-state index in [1.54, 1.807) is 37.1 Å². The van der Waals surface area contributed by atoms with Crippen molar-refractivity contribution in [1.82, 2.24) is 14.7 Å². The van der Waals surface area contributed by atoms with Crippen molar-refractivity contribution in [3.8, 4) is 0 Å². The van der Waals surface area contributed by atoms with Crippen molar-refractivity contribution < 1.29 is 14.7 Å². The van der Waals surface area contributed by atoms with Crippen molar-refractivity contribution in [2.45, 2.75) is 26.3 Å². The fraction of sp³-hybridized carbons (Fsp3) is 0.462. The third-order valence-electron chi connectivity index (χ3n) is 2.92. The monoisotopic (exact) mass is 265 g/mol. The molecule has 0 saturated carbocycles. The van der Waals surface area contributed by atoms with E-state index >= 15 is 0 Å². The summed E-state index contributed by atoms with van der Waals surface area (Å²) in [6.07, 6.45) is 6.38. The highest BCUT2D eigenvalue weighted by atomic mass is 16.4. The number of carboxylic acid groups (broad SMARTS) is 1. The molecule has 0 radical (unpaired) electrons. The SMILES string of the molecule is CCN(C(=O)C=Cc1cnn(C)c1)C(C)(C)C(=O)O. The highest BCUT2D eigenvalue weighted by Gasteiger charge is 2.35. The quantitative estimate of drug-likeness (QED) is 0.810. The first-order valence-electron chi connectivity index (χ1n) is 6.00. The number of amides is 1. The van der Waals surface area contributed by atoms with E-state index in [1.165, 1.54) is 24.8 Å². The van der Waals surface area contributed by atoms with Crippen molar-refractivity contribution in [1.29, 1.82) is 0 Å². The Kier molecular flexibility index (Phi) is 4.47. The molecule has 6 heteroatoms. The van der Waals surface area contributed by atoms with E-state index in [-0.39, 0.29) is 5.91 Å². The zero-order chi connectivity index (χ0) is 14.6. The number of carbonyl (C=O) groups excluding carboxylic acids is 1. The molecule has 104 valence electrons. The number of carboxylic acids is 1. The summed E-state index contributed by atoms with van der Waals surface area (Å²) < 4.78 is 1.63. The first-order valence-corrected chi connectivity index (χ1v) is 6.00. The summed E-state index contributed by atoms with van der Waals surface area (Å²) in [4.78, 5) is 24.5. The summed E-state index contributed by atoms with van der Waals surface area (Å²) in [5.74, 6) is -1.36. The summed E-state index contributed by atoms with van der Waals surface area (Å²) in [5, 5.41) is 13.1. The van der Waals surface area contributed by atoms with E-state index in [2.05, 4.69) is 5.10 Å². The summed E-state index contributed by atoms with van der Waals surface area (Å²) >= 11 is 0. The fourth-order valence-corrected chi connectivity index (χ4v) is 1.73. The Morgan fingerprint density at radius 1 is 1.53 bits per heavy atom. The smallest absolute Gasteiger partial charge is 0.329 e. The van der Waals surface area contributed by atoms with E-state index in [1.807, 2.05) is 0 Å². The van der Waals surface area contributed by atoms with Crippen LogP contribution in [0.4, 0.5) is 0 Å². The molecule has 1 rings (SSSR count). The highest BCUT2D eigenvalue weighted by molar-refractivity contribution is 5.95. The van der Waals surface area contributed by atoms with E-state index in [9.17, 15) is 9.59 Å². The molecule has 0 spiro atoms. The number of hydrogen-bond acceptors (Lipinski definition) is 3. The van der Waals surface area contributed by atoms with Gasteiger partial charge in [-0.15, -0.1) is 0 Å². The first kappa shape index (κ1) is 14.9. The number of carbonyl (C=O) groups is 2. The molecule has 6 nitrogen and oxygen atoms in total. The van der Waals surface area contributed by atoms with E-state index in [0.717, 1.165) is 5.56 Å². The number of likely N-dealkylation sites (N-methyl/N-ethyl adjacent to an activating group) is 1. The van der Waals surface area contributed by atoms with Gasteiger partial charge in [0.1, 0.15) is 5.54 Å². The van der Waals surface area contributed by atoms with Gasteiger partial charge in [0.2, 0.25) is 5.91 Å². The van der Waals surface area contributed by atoms with Crippen molar-refractivity contribution in [3.63, 3.8) is 0 Å². The van der Waals surface area contributed by atoms with Crippen LogP contribution in [0, 0.1) is 0 Å². The second-order valence-electron chi connectivity index (χ2n) is 4.73. The Balaban J connectivity index is 2.86. The fourth-order valence-electron chi connectivity index (χ4n) is 1.73. The molecule has 0 aromatic carbocycles. The predicted molar refractivity (Wildman–Crippen MR) is 71.3 cm³/mol. The predicted octanol–water partition coefficient (Wildman–Crippen LogP) is 1.15. The molecular weight excluding hydrogens is 246 g/mol. The molecular formula is C13H19N3O3. The summed E-state index contributed by atoms with van der Waals surface area (Å²) in [7, 11) is 1.78. The molecule has 0 bridgehead atoms. The largest absolute Gasteiger partial charge is 0.480 e. The highest BCUT2D eigenvalue weighted by Crippen LogP contribution is 2.15. The molecule has 0 fully saturated rings. The van der Waals surface area contributed by atoms with Crippen LogP contribution < -0.4 is 0 Å². The number of hydrogen-bond donors (Lipinski definition) is 1. The van der Waals surface area contributed by atoms with Crippen LogP contribution in [0.5, 0.6) is 0 Å². The van der Waals surface area contributed by atoms with Crippen LogP contribution in [0.2, 0.25) is 0 Å². The van der Waals surface area contributed by atoms with Gasteiger partial charge < -0.3 is 10.0 Å². The Labute approximate surface area is 112 Å². The molecule has 1 aromatic heterocycles. The Morgan fingerprint density at radius 3 is 2.58 bits per heavy atom. The van der Waals surface area contributed by atoms with E-state index < -0.39 is 11.5 Å². The van der Waals surface area contributed by atoms with E-state index in [4.69, 9.17) is 5.11 Å². The van der Waals surface area contributed by atoms with Gasteiger partial charge in [0.05, 0.1) is 6.20 Å². The van der Waals surface area contributed by atoms with Crippen LogP contribution in [0.3, 0.4) is 0 Å². The molecule has 1 amide bonds. The van der Waals surface area contributed by atoms with Gasteiger partial charge in [0, 0.05) is 31.4 Å². The van der Waals surface area contributed by atoms with Gasteiger partial charge in [-0.25, -0.2) is 4.79 Å². The lowest BCUT2D eigenvalue weighted by atomic mass is 10.0. The molecule has 0 aliphatic heterocycles. The average Bonchev–Trinajstić information content (AvgIpc) is 2.73. The van der Waals surface area contributed by atoms with Gasteiger partial charge in [-0.3, -0.25) is 9.48 Å². The lowest BCUT2D eigenvalue weighted by Gasteiger charge is -2.33. The van der Waals surface area contributed by atoms with Gasteiger partial charge in [0.15, 0.2) is 0 Å². The number of nitrogens with zero attached hydrogens (tertiary/aromatic N) is 3. The standard InChI is InChI=1S/C13H19N3O3/c1-5-16(13(2,3)12(18)19)11(17)7-6-10-8-14-15(4)9-10/h6-9H,5H2,1-4H3,(H,18,19). The van der Waals surface area contributed by atoms with Gasteiger partial charge in [-0.05, 0) is 26.8 Å². The molecule has 1 N–H and O–H groups in total. The van der Waals surface area contributed by atoms with Crippen LogP contribution in [-0.2, 0) is 16.6 Å². The van der Waals surface area contributed by atoms with Crippen molar-refractivity contribution in [2.24, 2.45) is 7.05 Å². The normalized spacial score (nSPS) is 11.8. The van der Waals surface area contributed by atoms with Crippen molar-refractivity contribution in [2.75, 3.05) is 6.54 Å². The molecule has 0 aliphatic carbocycles. The minimum absolute atomic E-state index is 0.329. The lowest BCUT2D eigenvalue weighted by Crippen LogP contribution is -2.52. The third-order valence-corrected chi connectivity index (χ3v) is 2.92. The van der Waals surface area contributed by atoms with Crippen LogP contribution >= 0.6 is 0 Å². The first-order chi connectivity index (χ1) is 8.78. The van der Waals surface area contributed by atoms with Gasteiger partial charge in [-0.1, -0.05) is 0 Å². The third kappa shape index (κ3) is 3.43. The zero-order valence-electron chi connectivity index (χ0n) is 11.6. The summed E-state index contributed by atoms with van der Waals surface area (Å²) in [6, 6.07) is 0. The van der Waals surface area contributed by atoms with E-state index in [0.29, 0.717) is 6.54 Å². The minimum Gasteiger partial charge on any atom is -0.480 e. The second-order valence-corrected chi connectivity index (χ2v) is 4.73. The Morgan fingerprint density at radius 2 is 2.16 bits per heavy atom. The average molecular weight is 265 g/mol. The maximum atomic E-state index is 12.1. The molecule has 1 aromatic rings. The summed E-state index contributed by atoms with van der Waals surface area (Å²) in [6.45, 7) is 5.10. The number of aromatic nitrogens is 2. The van der Waals surface area contributed by atoms with Gasteiger partial charge >= 0.3 is 5.97 Å². The van der Waals surface area contributed by atoms with Gasteiger partial charge in [0.25, 0.3) is 0 Å². The molecule has 0 saturated heterocycles. The Bertz CT molecular complexity index is 503. The van der Waals surface area contributed by atoms with Crippen LogP contribution in [0.25, 0.3) is 6.08 Å². The number of aliphatic carboxylic acids is 1. The van der Waals surface area contributed by atoms with Crippen LogP contribution in [0.1, 0.15) is 26.3 Å². The van der Waals surface area contributed by atoms with Gasteiger partial charge in [-0.2, -0.15) is 5.10 Å². The lowest BCUT2D eigenvalue weighted by molar-refractivity contribution is -0.154. The number of rotatable bonds is 5. The maximum Gasteiger partial charge on any atom is 0.329 e. The topological polar surface area (TPSA) is 75.4 Å². The number of aryl methyl sites for hydroxylation is 1.